The van der Waals surface area contributed by atoms with Gasteiger partial charge >= 0.3 is 0 Å². The van der Waals surface area contributed by atoms with Crippen molar-refractivity contribution < 1.29 is 13.9 Å². The molecule has 0 amide bonds. The van der Waals surface area contributed by atoms with Crippen LogP contribution in [0.15, 0.2) is 42.5 Å². The topological polar surface area (TPSA) is 68.3 Å². The van der Waals surface area contributed by atoms with Crippen LogP contribution in [0.2, 0.25) is 0 Å². The number of rotatable bonds is 4. The van der Waals surface area contributed by atoms with E-state index in [0.29, 0.717) is 17.2 Å². The first kappa shape index (κ1) is 12.9. The molecule has 98 valence electrons. The maximum Gasteiger partial charge on any atom is 0.138 e. The Morgan fingerprint density at radius 3 is 2.58 bits per heavy atom. The highest BCUT2D eigenvalue weighted by Gasteiger charge is 2.09. The third-order valence-electron chi connectivity index (χ3n) is 2.50. The van der Waals surface area contributed by atoms with E-state index in [0.717, 1.165) is 6.07 Å². The molecular weight excluding hydrogens is 247 g/mol. The lowest BCUT2D eigenvalue weighted by Gasteiger charge is -2.11. The summed E-state index contributed by atoms with van der Waals surface area (Å²) in [7, 11) is 1.55. The Balaban J connectivity index is 2.34. The van der Waals surface area contributed by atoms with E-state index in [-0.39, 0.29) is 11.4 Å². The van der Waals surface area contributed by atoms with Gasteiger partial charge in [-0.2, -0.15) is 0 Å². The average molecular weight is 260 g/mol. The summed E-state index contributed by atoms with van der Waals surface area (Å²) in [6.07, 6.45) is 0. The molecule has 2 aromatic rings. The summed E-state index contributed by atoms with van der Waals surface area (Å²) in [5, 5.41) is 7.42. The number of methoxy groups -OCH3 is 1. The van der Waals surface area contributed by atoms with Crippen LogP contribution >= 0.6 is 0 Å². The standard InChI is InChI=1S/C14H13FN2O2/c1-18-10-3-2-4-11(8-10)19-13-6-5-9(15)7-12(13)14(16)17/h2-8H,1H3,(H3,16,17). The zero-order valence-electron chi connectivity index (χ0n) is 10.3. The van der Waals surface area contributed by atoms with Gasteiger partial charge in [-0.05, 0) is 30.3 Å². The number of nitrogens with two attached hydrogens (primary N) is 1. The van der Waals surface area contributed by atoms with E-state index in [2.05, 4.69) is 0 Å². The zero-order valence-corrected chi connectivity index (χ0v) is 10.3. The van der Waals surface area contributed by atoms with E-state index in [1.54, 1.807) is 31.4 Å². The highest BCUT2D eigenvalue weighted by atomic mass is 19.1. The van der Waals surface area contributed by atoms with Gasteiger partial charge in [0, 0.05) is 6.07 Å². The number of nitrogens with one attached hydrogen (secondary N) is 1. The van der Waals surface area contributed by atoms with E-state index in [1.807, 2.05) is 0 Å². The molecule has 0 saturated heterocycles. The van der Waals surface area contributed by atoms with Gasteiger partial charge in [-0.25, -0.2) is 4.39 Å². The summed E-state index contributed by atoms with van der Waals surface area (Å²) in [5.74, 6) is 0.764. The summed E-state index contributed by atoms with van der Waals surface area (Å²) >= 11 is 0. The summed E-state index contributed by atoms with van der Waals surface area (Å²) < 4.78 is 23.8. The molecule has 0 heterocycles. The number of hydrogen-bond acceptors (Lipinski definition) is 3. The normalized spacial score (nSPS) is 10.0. The molecule has 3 N–H and O–H groups in total. The van der Waals surface area contributed by atoms with Crippen molar-refractivity contribution in [3.8, 4) is 17.2 Å². The molecule has 0 saturated carbocycles. The van der Waals surface area contributed by atoms with Crippen molar-refractivity contribution in [1.29, 1.82) is 5.41 Å². The van der Waals surface area contributed by atoms with Crippen LogP contribution in [0.25, 0.3) is 0 Å². The minimum absolute atomic E-state index is 0.211. The fourth-order valence-corrected chi connectivity index (χ4v) is 1.59. The predicted molar refractivity (Wildman–Crippen MR) is 70.5 cm³/mol. The highest BCUT2D eigenvalue weighted by molar-refractivity contribution is 5.97. The molecule has 0 aliphatic heterocycles. The first-order valence-corrected chi connectivity index (χ1v) is 5.56. The molecule has 4 nitrogen and oxygen atoms in total. The lowest BCUT2D eigenvalue weighted by Crippen LogP contribution is -2.12. The van der Waals surface area contributed by atoms with Gasteiger partial charge in [0.05, 0.1) is 12.7 Å². The second-order valence-electron chi connectivity index (χ2n) is 3.84. The molecule has 2 rings (SSSR count). The van der Waals surface area contributed by atoms with Gasteiger partial charge in [-0.3, -0.25) is 5.41 Å². The molecule has 0 radical (unpaired) electrons. The number of amidine groups is 1. The molecule has 0 bridgehead atoms. The van der Waals surface area contributed by atoms with Crippen LogP contribution in [0.3, 0.4) is 0 Å². The third kappa shape index (κ3) is 3.01. The van der Waals surface area contributed by atoms with Gasteiger partial charge in [-0.1, -0.05) is 6.07 Å². The number of benzene rings is 2. The summed E-state index contributed by atoms with van der Waals surface area (Å²) in [6, 6.07) is 10.8. The molecule has 0 fully saturated rings. The first-order chi connectivity index (χ1) is 9.10. The molecule has 0 aliphatic carbocycles. The van der Waals surface area contributed by atoms with E-state index < -0.39 is 5.82 Å². The second-order valence-corrected chi connectivity index (χ2v) is 3.84. The van der Waals surface area contributed by atoms with Crippen molar-refractivity contribution in [1.82, 2.24) is 0 Å². The fourth-order valence-electron chi connectivity index (χ4n) is 1.59. The fraction of sp³-hybridized carbons (Fsp3) is 0.0714. The van der Waals surface area contributed by atoms with Crippen LogP contribution in [0.1, 0.15) is 5.56 Å². The quantitative estimate of drug-likeness (QED) is 0.656. The van der Waals surface area contributed by atoms with Crippen molar-refractivity contribution >= 4 is 5.84 Å². The Morgan fingerprint density at radius 1 is 1.16 bits per heavy atom. The van der Waals surface area contributed by atoms with Crippen molar-refractivity contribution in [3.63, 3.8) is 0 Å². The predicted octanol–water partition coefficient (Wildman–Crippen LogP) is 2.91. The van der Waals surface area contributed by atoms with Crippen molar-refractivity contribution in [2.24, 2.45) is 5.73 Å². The molecule has 0 spiro atoms. The van der Waals surface area contributed by atoms with Crippen LogP contribution in [0.5, 0.6) is 17.2 Å². The molecule has 0 aliphatic rings. The second kappa shape index (κ2) is 5.39. The molecule has 19 heavy (non-hydrogen) atoms. The Morgan fingerprint density at radius 2 is 1.89 bits per heavy atom. The Labute approximate surface area is 110 Å². The smallest absolute Gasteiger partial charge is 0.138 e. The first-order valence-electron chi connectivity index (χ1n) is 5.56. The molecule has 0 unspecified atom stereocenters. The van der Waals surface area contributed by atoms with Crippen LogP contribution in [0, 0.1) is 11.2 Å². The van der Waals surface area contributed by atoms with E-state index >= 15 is 0 Å². The summed E-state index contributed by atoms with van der Waals surface area (Å²) in [6.45, 7) is 0. The largest absolute Gasteiger partial charge is 0.497 e. The lowest BCUT2D eigenvalue weighted by molar-refractivity contribution is 0.409. The lowest BCUT2D eigenvalue weighted by atomic mass is 10.2. The van der Waals surface area contributed by atoms with Crippen LogP contribution in [0.4, 0.5) is 4.39 Å². The van der Waals surface area contributed by atoms with E-state index in [9.17, 15) is 4.39 Å². The van der Waals surface area contributed by atoms with Crippen LogP contribution in [-0.4, -0.2) is 12.9 Å². The van der Waals surface area contributed by atoms with E-state index in [1.165, 1.54) is 12.1 Å². The van der Waals surface area contributed by atoms with Crippen molar-refractivity contribution in [2.45, 2.75) is 0 Å². The van der Waals surface area contributed by atoms with Gasteiger partial charge in [0.1, 0.15) is 28.9 Å². The average Bonchev–Trinajstić information content (AvgIpc) is 2.41. The highest BCUT2D eigenvalue weighted by Crippen LogP contribution is 2.28. The van der Waals surface area contributed by atoms with Gasteiger partial charge in [0.25, 0.3) is 0 Å². The Kier molecular flexibility index (Phi) is 3.66. The molecule has 2 aromatic carbocycles. The summed E-state index contributed by atoms with van der Waals surface area (Å²) in [4.78, 5) is 0. The Hall–Kier alpha value is -2.56. The third-order valence-corrected chi connectivity index (χ3v) is 2.50. The van der Waals surface area contributed by atoms with Gasteiger partial charge in [-0.15, -0.1) is 0 Å². The minimum atomic E-state index is -0.469. The van der Waals surface area contributed by atoms with Crippen molar-refractivity contribution in [2.75, 3.05) is 7.11 Å². The van der Waals surface area contributed by atoms with Crippen molar-refractivity contribution in [3.05, 3.63) is 53.8 Å². The minimum Gasteiger partial charge on any atom is -0.497 e. The number of nitrogen functional groups attached to an aromatic ring is 1. The number of hydrogen-bond donors (Lipinski definition) is 2. The molecule has 0 atom stereocenters. The summed E-state index contributed by atoms with van der Waals surface area (Å²) in [5.41, 5.74) is 5.62. The maximum atomic E-state index is 13.1. The number of ether oxygens (including phenoxy) is 2. The van der Waals surface area contributed by atoms with Crippen LogP contribution < -0.4 is 15.2 Å². The van der Waals surface area contributed by atoms with Gasteiger partial charge in [0.2, 0.25) is 0 Å². The SMILES string of the molecule is COc1cccc(Oc2ccc(F)cc2C(=N)N)c1. The maximum absolute atomic E-state index is 13.1. The van der Waals surface area contributed by atoms with Gasteiger partial charge in [0.15, 0.2) is 0 Å². The monoisotopic (exact) mass is 260 g/mol. The Bertz CT molecular complexity index is 614. The number of halogens is 1. The van der Waals surface area contributed by atoms with Gasteiger partial charge < -0.3 is 15.2 Å². The molecule has 0 aromatic heterocycles. The van der Waals surface area contributed by atoms with E-state index in [4.69, 9.17) is 20.6 Å². The van der Waals surface area contributed by atoms with Crippen LogP contribution in [-0.2, 0) is 0 Å². The molecular formula is C14H13FN2O2. The molecule has 5 heteroatoms. The zero-order chi connectivity index (χ0) is 13.8.